The predicted molar refractivity (Wildman–Crippen MR) is 68.2 cm³/mol. The lowest BCUT2D eigenvalue weighted by atomic mass is 10.1. The van der Waals surface area contributed by atoms with Gasteiger partial charge >= 0.3 is 0 Å². The highest BCUT2D eigenvalue weighted by Gasteiger charge is 2.05. The van der Waals surface area contributed by atoms with Gasteiger partial charge in [0.05, 0.1) is 6.61 Å². The molecule has 0 fully saturated rings. The van der Waals surface area contributed by atoms with E-state index in [-0.39, 0.29) is 19.1 Å². The summed E-state index contributed by atoms with van der Waals surface area (Å²) in [4.78, 5) is 11.6. The van der Waals surface area contributed by atoms with Gasteiger partial charge in [0.1, 0.15) is 6.61 Å². The largest absolute Gasteiger partial charge is 0.374 e. The van der Waals surface area contributed by atoms with Gasteiger partial charge in [-0.25, -0.2) is 8.78 Å². The van der Waals surface area contributed by atoms with Crippen molar-refractivity contribution in [1.29, 1.82) is 0 Å². The molecular weight excluding hydrogens is 308 g/mol. The molecule has 0 aliphatic heterocycles. The van der Waals surface area contributed by atoms with Gasteiger partial charge in [-0.2, -0.15) is 0 Å². The third-order valence-electron chi connectivity index (χ3n) is 2.15. The summed E-state index contributed by atoms with van der Waals surface area (Å²) < 4.78 is 28.1. The van der Waals surface area contributed by atoms with Crippen molar-refractivity contribution >= 4 is 21.8 Å². The highest BCUT2D eigenvalue weighted by Crippen LogP contribution is 2.07. The number of benzene rings is 1. The number of alkyl halides is 3. The highest BCUT2D eigenvalue weighted by atomic mass is 79.9. The lowest BCUT2D eigenvalue weighted by Gasteiger charge is -2.06. The maximum atomic E-state index is 11.7. The molecule has 0 saturated heterocycles. The average Bonchev–Trinajstić information content (AvgIpc) is 2.38. The lowest BCUT2D eigenvalue weighted by molar-refractivity contribution is 0.0188. The van der Waals surface area contributed by atoms with Crippen LogP contribution in [-0.4, -0.2) is 32.1 Å². The minimum Gasteiger partial charge on any atom is -0.374 e. The highest BCUT2D eigenvalue weighted by molar-refractivity contribution is 9.08. The number of rotatable bonds is 7. The third-order valence-corrected chi connectivity index (χ3v) is 2.79. The third kappa shape index (κ3) is 5.55. The number of carbonyl (C=O) groups is 1. The van der Waals surface area contributed by atoms with Crippen LogP contribution in [0.15, 0.2) is 24.3 Å². The van der Waals surface area contributed by atoms with Crippen molar-refractivity contribution in [2.45, 2.75) is 11.8 Å². The Kier molecular flexibility index (Phi) is 6.82. The van der Waals surface area contributed by atoms with E-state index in [0.29, 0.717) is 5.56 Å². The first kappa shape index (κ1) is 15.0. The zero-order valence-corrected chi connectivity index (χ0v) is 11.3. The maximum absolute atomic E-state index is 11.7. The van der Waals surface area contributed by atoms with Crippen LogP contribution in [0, 0.1) is 0 Å². The Morgan fingerprint density at radius 1 is 1.33 bits per heavy atom. The van der Waals surface area contributed by atoms with Crippen LogP contribution in [0.5, 0.6) is 0 Å². The van der Waals surface area contributed by atoms with Crippen LogP contribution in [-0.2, 0) is 10.1 Å². The van der Waals surface area contributed by atoms with Crippen molar-refractivity contribution in [3.05, 3.63) is 35.4 Å². The van der Waals surface area contributed by atoms with Crippen molar-refractivity contribution in [3.63, 3.8) is 0 Å². The molecule has 0 saturated carbocycles. The first-order chi connectivity index (χ1) is 8.63. The predicted octanol–water partition coefficient (Wildman–Crippen LogP) is 2.59. The zero-order valence-electron chi connectivity index (χ0n) is 9.67. The van der Waals surface area contributed by atoms with Crippen LogP contribution >= 0.6 is 15.9 Å². The molecule has 0 aliphatic rings. The average molecular weight is 322 g/mol. The second-order valence-electron chi connectivity index (χ2n) is 3.55. The fraction of sp³-hybridized carbons (Fsp3) is 0.417. The molecule has 0 aliphatic carbocycles. The van der Waals surface area contributed by atoms with Crippen LogP contribution < -0.4 is 5.32 Å². The van der Waals surface area contributed by atoms with E-state index >= 15 is 0 Å². The van der Waals surface area contributed by atoms with E-state index in [1.54, 1.807) is 12.1 Å². The van der Waals surface area contributed by atoms with E-state index in [1.807, 2.05) is 12.1 Å². The SMILES string of the molecule is O=C(NCCOCC(F)F)c1ccc(CBr)cc1. The fourth-order valence-corrected chi connectivity index (χ4v) is 1.63. The zero-order chi connectivity index (χ0) is 13.4. The standard InChI is InChI=1S/C12H14BrF2NO2/c13-7-9-1-3-10(4-2-9)12(17)16-5-6-18-8-11(14)15/h1-4,11H,5-8H2,(H,16,17). The molecule has 3 nitrogen and oxygen atoms in total. The monoisotopic (exact) mass is 321 g/mol. The summed E-state index contributed by atoms with van der Waals surface area (Å²) in [5.41, 5.74) is 1.61. The van der Waals surface area contributed by atoms with Crippen molar-refractivity contribution in [2.24, 2.45) is 0 Å². The summed E-state index contributed by atoms with van der Waals surface area (Å²) in [6, 6.07) is 7.12. The van der Waals surface area contributed by atoms with Crippen LogP contribution in [0.3, 0.4) is 0 Å². The number of ether oxygens (including phenoxy) is 1. The van der Waals surface area contributed by atoms with Crippen molar-refractivity contribution < 1.29 is 18.3 Å². The van der Waals surface area contributed by atoms with Crippen molar-refractivity contribution in [1.82, 2.24) is 5.32 Å². The second-order valence-corrected chi connectivity index (χ2v) is 4.11. The van der Waals surface area contributed by atoms with Crippen molar-refractivity contribution in [3.8, 4) is 0 Å². The van der Waals surface area contributed by atoms with Crippen LogP contribution in [0.25, 0.3) is 0 Å². The van der Waals surface area contributed by atoms with E-state index < -0.39 is 13.0 Å². The van der Waals surface area contributed by atoms with Gasteiger partial charge < -0.3 is 10.1 Å². The smallest absolute Gasteiger partial charge is 0.261 e. The molecule has 1 N–H and O–H groups in total. The number of carbonyl (C=O) groups excluding carboxylic acids is 1. The lowest BCUT2D eigenvalue weighted by Crippen LogP contribution is -2.27. The Hall–Kier alpha value is -1.01. The topological polar surface area (TPSA) is 38.3 Å². The molecule has 1 aromatic rings. The molecule has 1 amide bonds. The van der Waals surface area contributed by atoms with Gasteiger partial charge in [-0.3, -0.25) is 4.79 Å². The molecule has 0 unspecified atom stereocenters. The summed E-state index contributed by atoms with van der Waals surface area (Å²) in [5, 5.41) is 3.32. The number of nitrogens with one attached hydrogen (secondary N) is 1. The molecule has 1 rings (SSSR count). The van der Waals surface area contributed by atoms with Crippen LogP contribution in [0.4, 0.5) is 8.78 Å². The normalized spacial score (nSPS) is 10.7. The maximum Gasteiger partial charge on any atom is 0.261 e. The Morgan fingerprint density at radius 2 is 2.00 bits per heavy atom. The van der Waals surface area contributed by atoms with E-state index in [1.165, 1.54) is 0 Å². The van der Waals surface area contributed by atoms with Crippen molar-refractivity contribution in [2.75, 3.05) is 19.8 Å². The summed E-state index contributed by atoms with van der Waals surface area (Å²) >= 11 is 3.31. The van der Waals surface area contributed by atoms with E-state index in [0.717, 1.165) is 10.9 Å². The molecule has 6 heteroatoms. The van der Waals surface area contributed by atoms with Gasteiger partial charge in [0, 0.05) is 17.4 Å². The second kappa shape index (κ2) is 8.16. The Labute approximate surface area is 113 Å². The number of amides is 1. The number of hydrogen-bond donors (Lipinski definition) is 1. The Morgan fingerprint density at radius 3 is 2.56 bits per heavy atom. The molecular formula is C12H14BrF2NO2. The fourth-order valence-electron chi connectivity index (χ4n) is 1.26. The summed E-state index contributed by atoms with van der Waals surface area (Å²) in [7, 11) is 0. The summed E-state index contributed by atoms with van der Waals surface area (Å²) in [6.45, 7) is -0.308. The molecule has 1 aromatic carbocycles. The van der Waals surface area contributed by atoms with E-state index in [9.17, 15) is 13.6 Å². The Balaban J connectivity index is 2.27. The van der Waals surface area contributed by atoms with Gasteiger partial charge in [-0.1, -0.05) is 28.1 Å². The number of halogens is 3. The minimum absolute atomic E-state index is 0.0789. The molecule has 0 atom stereocenters. The van der Waals surface area contributed by atoms with Gasteiger partial charge in [0.15, 0.2) is 0 Å². The van der Waals surface area contributed by atoms with Crippen LogP contribution in [0.2, 0.25) is 0 Å². The first-order valence-electron chi connectivity index (χ1n) is 5.42. The summed E-state index contributed by atoms with van der Waals surface area (Å²) in [6.07, 6.45) is -2.47. The number of hydrogen-bond acceptors (Lipinski definition) is 2. The molecule has 0 aromatic heterocycles. The molecule has 0 radical (unpaired) electrons. The van der Waals surface area contributed by atoms with Gasteiger partial charge in [-0.05, 0) is 17.7 Å². The molecule has 0 spiro atoms. The molecule has 0 heterocycles. The van der Waals surface area contributed by atoms with Gasteiger partial charge in [-0.15, -0.1) is 0 Å². The van der Waals surface area contributed by atoms with Gasteiger partial charge in [0.2, 0.25) is 0 Å². The van der Waals surface area contributed by atoms with E-state index in [2.05, 4.69) is 26.0 Å². The summed E-state index contributed by atoms with van der Waals surface area (Å²) in [5.74, 6) is -0.239. The Bertz CT molecular complexity index is 371. The molecule has 100 valence electrons. The molecule has 18 heavy (non-hydrogen) atoms. The van der Waals surface area contributed by atoms with Gasteiger partial charge in [0.25, 0.3) is 12.3 Å². The quantitative estimate of drug-likeness (QED) is 0.619. The first-order valence-corrected chi connectivity index (χ1v) is 6.54. The molecule has 0 bridgehead atoms. The van der Waals surface area contributed by atoms with E-state index in [4.69, 9.17) is 0 Å². The minimum atomic E-state index is -2.47. The van der Waals surface area contributed by atoms with Crippen LogP contribution in [0.1, 0.15) is 15.9 Å².